The number of guanidine groups is 1. The van der Waals surface area contributed by atoms with Crippen molar-refractivity contribution in [3.05, 3.63) is 24.5 Å². The average molecular weight is 497 g/mol. The van der Waals surface area contributed by atoms with E-state index in [-0.39, 0.29) is 35.4 Å². The molecule has 150 valence electrons. The van der Waals surface area contributed by atoms with Gasteiger partial charge in [0.1, 0.15) is 4.90 Å². The molecule has 1 unspecified atom stereocenters. The molecule has 1 rings (SSSR count). The first-order valence-electron chi connectivity index (χ1n) is 8.94. The zero-order valence-corrected chi connectivity index (χ0v) is 19.0. The zero-order chi connectivity index (χ0) is 18.5. The topological polar surface area (TPSA) is 95.5 Å². The van der Waals surface area contributed by atoms with Crippen molar-refractivity contribution in [1.29, 1.82) is 0 Å². The first-order valence-corrected chi connectivity index (χ1v) is 10.4. The van der Waals surface area contributed by atoms with E-state index in [0.29, 0.717) is 18.5 Å². The maximum atomic E-state index is 12.1. The molecule has 26 heavy (non-hydrogen) atoms. The maximum absolute atomic E-state index is 12.1. The van der Waals surface area contributed by atoms with E-state index in [1.54, 1.807) is 12.3 Å². The molecule has 1 aromatic heterocycles. The first kappa shape index (κ1) is 25.1. The molecule has 0 bridgehead atoms. The molecule has 0 fully saturated rings. The molecular formula is C17H32IN5O2S. The van der Waals surface area contributed by atoms with Crippen LogP contribution in [0.3, 0.4) is 0 Å². The number of halogens is 1. The molecule has 9 heteroatoms. The number of nitrogens with one attached hydrogen (secondary N) is 3. The molecule has 1 heterocycles. The van der Waals surface area contributed by atoms with Crippen LogP contribution in [-0.2, 0) is 10.0 Å². The average Bonchev–Trinajstić information content (AvgIpc) is 2.60. The number of aromatic nitrogens is 1. The Bertz CT molecular complexity index is 611. The van der Waals surface area contributed by atoms with Crippen molar-refractivity contribution in [3.63, 3.8) is 0 Å². The van der Waals surface area contributed by atoms with Crippen LogP contribution in [0.25, 0.3) is 0 Å². The van der Waals surface area contributed by atoms with Gasteiger partial charge in [-0.15, -0.1) is 24.0 Å². The number of aliphatic imine (C=N–C) groups is 1. The molecule has 0 aliphatic heterocycles. The molecule has 7 nitrogen and oxygen atoms in total. The minimum absolute atomic E-state index is 0. The van der Waals surface area contributed by atoms with Crippen LogP contribution in [-0.4, -0.2) is 45.0 Å². The molecule has 3 N–H and O–H groups in total. The van der Waals surface area contributed by atoms with Crippen molar-refractivity contribution in [2.24, 2.45) is 4.99 Å². The van der Waals surface area contributed by atoms with Crippen LogP contribution in [0.4, 0.5) is 0 Å². The fourth-order valence-electron chi connectivity index (χ4n) is 2.26. The van der Waals surface area contributed by atoms with Gasteiger partial charge in [0.15, 0.2) is 5.96 Å². The summed E-state index contributed by atoms with van der Waals surface area (Å²) in [7, 11) is -3.53. The summed E-state index contributed by atoms with van der Waals surface area (Å²) in [4.78, 5) is 8.42. The highest BCUT2D eigenvalue weighted by molar-refractivity contribution is 14.0. The van der Waals surface area contributed by atoms with Gasteiger partial charge in [-0.25, -0.2) is 13.1 Å². The van der Waals surface area contributed by atoms with Crippen LogP contribution in [0.15, 0.2) is 34.4 Å². The van der Waals surface area contributed by atoms with E-state index < -0.39 is 10.0 Å². The van der Waals surface area contributed by atoms with E-state index in [1.807, 2.05) is 6.92 Å². The molecule has 0 radical (unpaired) electrons. The van der Waals surface area contributed by atoms with Crippen molar-refractivity contribution in [2.75, 3.05) is 19.6 Å². The number of nitrogens with zero attached hydrogens (tertiary/aromatic N) is 2. The number of hydrogen-bond acceptors (Lipinski definition) is 4. The predicted octanol–water partition coefficient (Wildman–Crippen LogP) is 2.50. The largest absolute Gasteiger partial charge is 0.357 e. The molecular weight excluding hydrogens is 465 g/mol. The highest BCUT2D eigenvalue weighted by atomic mass is 127. The lowest BCUT2D eigenvalue weighted by Crippen LogP contribution is -2.42. The Balaban J connectivity index is 0.00000625. The van der Waals surface area contributed by atoms with Crippen molar-refractivity contribution < 1.29 is 8.42 Å². The maximum Gasteiger partial charge on any atom is 0.242 e. The normalized spacial score (nSPS) is 13.0. The Morgan fingerprint density at radius 2 is 2.08 bits per heavy atom. The van der Waals surface area contributed by atoms with E-state index in [9.17, 15) is 8.42 Å². The number of sulfonamides is 1. The van der Waals surface area contributed by atoms with E-state index in [1.165, 1.54) is 31.5 Å². The summed E-state index contributed by atoms with van der Waals surface area (Å²) in [5.74, 6) is 0.715. The lowest BCUT2D eigenvalue weighted by Gasteiger charge is -2.17. The van der Waals surface area contributed by atoms with Crippen LogP contribution in [0.2, 0.25) is 0 Å². The molecule has 0 saturated carbocycles. The number of rotatable bonds is 11. The monoisotopic (exact) mass is 497 g/mol. The predicted molar refractivity (Wildman–Crippen MR) is 118 cm³/mol. The Labute approximate surface area is 174 Å². The van der Waals surface area contributed by atoms with Gasteiger partial charge in [-0.05, 0) is 32.4 Å². The second-order valence-electron chi connectivity index (χ2n) is 5.89. The fourth-order valence-corrected chi connectivity index (χ4v) is 3.25. The summed E-state index contributed by atoms with van der Waals surface area (Å²) < 4.78 is 26.7. The molecule has 0 aliphatic carbocycles. The van der Waals surface area contributed by atoms with Crippen molar-refractivity contribution >= 4 is 40.0 Å². The molecule has 0 aromatic carbocycles. The summed E-state index contributed by atoms with van der Waals surface area (Å²) in [6, 6.07) is 3.44. The van der Waals surface area contributed by atoms with E-state index in [4.69, 9.17) is 0 Å². The third-order valence-electron chi connectivity index (χ3n) is 3.59. The summed E-state index contributed by atoms with van der Waals surface area (Å²) in [5.41, 5.74) is 0. The van der Waals surface area contributed by atoms with Crippen LogP contribution >= 0.6 is 24.0 Å². The summed E-state index contributed by atoms with van der Waals surface area (Å²) in [6.07, 6.45) is 7.59. The molecule has 0 spiro atoms. The number of pyridine rings is 1. The molecule has 0 saturated heterocycles. The van der Waals surface area contributed by atoms with E-state index in [0.717, 1.165) is 13.0 Å². The minimum atomic E-state index is -3.53. The smallest absolute Gasteiger partial charge is 0.242 e. The van der Waals surface area contributed by atoms with Gasteiger partial charge < -0.3 is 10.6 Å². The van der Waals surface area contributed by atoms with Gasteiger partial charge in [0.05, 0.1) is 6.54 Å². The highest BCUT2D eigenvalue weighted by Gasteiger charge is 2.12. The van der Waals surface area contributed by atoms with Crippen LogP contribution in [0.5, 0.6) is 0 Å². The van der Waals surface area contributed by atoms with Gasteiger partial charge in [0.25, 0.3) is 0 Å². The van der Waals surface area contributed by atoms with Gasteiger partial charge >= 0.3 is 0 Å². The fraction of sp³-hybridized carbons (Fsp3) is 0.647. The Kier molecular flexibility index (Phi) is 13.6. The molecule has 0 amide bonds. The van der Waals surface area contributed by atoms with E-state index in [2.05, 4.69) is 39.2 Å². The van der Waals surface area contributed by atoms with Crippen molar-refractivity contribution in [3.8, 4) is 0 Å². The minimum Gasteiger partial charge on any atom is -0.357 e. The van der Waals surface area contributed by atoms with Crippen LogP contribution in [0.1, 0.15) is 46.5 Å². The van der Waals surface area contributed by atoms with Gasteiger partial charge in [0, 0.05) is 31.5 Å². The lowest BCUT2D eigenvalue weighted by atomic mass is 10.1. The summed E-state index contributed by atoms with van der Waals surface area (Å²) >= 11 is 0. The first-order chi connectivity index (χ1) is 12.0. The Hall–Kier alpha value is -0.940. The molecule has 1 aromatic rings. The number of unbranched alkanes of at least 4 members (excludes halogenated alkanes) is 2. The van der Waals surface area contributed by atoms with E-state index >= 15 is 0 Å². The zero-order valence-electron chi connectivity index (χ0n) is 15.9. The highest BCUT2D eigenvalue weighted by Crippen LogP contribution is 2.04. The van der Waals surface area contributed by atoms with Crippen LogP contribution in [0, 0.1) is 0 Å². The second kappa shape index (κ2) is 14.2. The molecule has 1 atom stereocenters. The standard InChI is InChI=1S/C17H31N5O2S.HI/c1-4-6-7-9-15(3)22-17(19-5-2)20-12-13-21-25(23,24)16-10-8-11-18-14-16;/h8,10-11,14-15,21H,4-7,9,12-13H2,1-3H3,(H2,19,20,22);1H. The van der Waals surface area contributed by atoms with Gasteiger partial charge in [-0.2, -0.15) is 0 Å². The van der Waals surface area contributed by atoms with Gasteiger partial charge in [0.2, 0.25) is 10.0 Å². The summed E-state index contributed by atoms with van der Waals surface area (Å²) in [6.45, 7) is 7.68. The third-order valence-corrected chi connectivity index (χ3v) is 5.03. The summed E-state index contributed by atoms with van der Waals surface area (Å²) in [5, 5.41) is 6.54. The Morgan fingerprint density at radius 3 is 2.69 bits per heavy atom. The van der Waals surface area contributed by atoms with Gasteiger partial charge in [-0.3, -0.25) is 9.98 Å². The van der Waals surface area contributed by atoms with Crippen LogP contribution < -0.4 is 15.4 Å². The molecule has 0 aliphatic rings. The van der Waals surface area contributed by atoms with Crippen molar-refractivity contribution in [2.45, 2.75) is 57.4 Å². The SMILES string of the molecule is CCCCCC(C)NC(=NCCNS(=O)(=O)c1cccnc1)NCC.I. The lowest BCUT2D eigenvalue weighted by molar-refractivity contribution is 0.546. The second-order valence-corrected chi connectivity index (χ2v) is 7.66. The van der Waals surface area contributed by atoms with Crippen molar-refractivity contribution in [1.82, 2.24) is 20.3 Å². The third kappa shape index (κ3) is 10.3. The Morgan fingerprint density at radius 1 is 1.31 bits per heavy atom. The number of hydrogen-bond donors (Lipinski definition) is 3. The van der Waals surface area contributed by atoms with Gasteiger partial charge in [-0.1, -0.05) is 26.2 Å². The quantitative estimate of drug-likeness (QED) is 0.189.